The molecule has 4 rings (SSSR count). The number of carbonyl (C=O) groups excluding carboxylic acids is 1. The Hall–Kier alpha value is -2.57. The number of oxazole rings is 1. The van der Waals surface area contributed by atoms with E-state index in [2.05, 4.69) is 29.2 Å². The SMILES string of the molecule is CCCN(CC1CCCCN1C)C(=O)c1ccc2oc(NCc3cccc(Cl)c3)nc2c1. The van der Waals surface area contributed by atoms with Crippen LogP contribution in [0, 0.1) is 0 Å². The van der Waals surface area contributed by atoms with Crippen molar-refractivity contribution in [3.63, 3.8) is 0 Å². The number of likely N-dealkylation sites (N-methyl/N-ethyl adjacent to an activating group) is 1. The van der Waals surface area contributed by atoms with Crippen LogP contribution >= 0.6 is 11.6 Å². The van der Waals surface area contributed by atoms with Crippen LogP contribution in [0.5, 0.6) is 0 Å². The second-order valence-corrected chi connectivity index (χ2v) is 9.00. The summed E-state index contributed by atoms with van der Waals surface area (Å²) < 4.78 is 5.81. The van der Waals surface area contributed by atoms with Crippen LogP contribution in [-0.2, 0) is 6.54 Å². The zero-order valence-corrected chi connectivity index (χ0v) is 19.6. The van der Waals surface area contributed by atoms with Crippen molar-refractivity contribution in [2.24, 2.45) is 0 Å². The van der Waals surface area contributed by atoms with Crippen LogP contribution in [0.4, 0.5) is 6.01 Å². The van der Waals surface area contributed by atoms with E-state index in [0.717, 1.165) is 38.0 Å². The highest BCUT2D eigenvalue weighted by molar-refractivity contribution is 6.30. The highest BCUT2D eigenvalue weighted by Gasteiger charge is 2.25. The molecule has 1 amide bonds. The van der Waals surface area contributed by atoms with Gasteiger partial charge in [0.2, 0.25) is 0 Å². The summed E-state index contributed by atoms with van der Waals surface area (Å²) in [4.78, 5) is 22.2. The topological polar surface area (TPSA) is 61.6 Å². The van der Waals surface area contributed by atoms with E-state index in [0.29, 0.717) is 40.3 Å². The molecule has 0 aliphatic carbocycles. The van der Waals surface area contributed by atoms with Gasteiger partial charge in [-0.25, -0.2) is 0 Å². The second-order valence-electron chi connectivity index (χ2n) is 8.57. The van der Waals surface area contributed by atoms with E-state index in [4.69, 9.17) is 16.0 Å². The van der Waals surface area contributed by atoms with E-state index in [-0.39, 0.29) is 5.91 Å². The van der Waals surface area contributed by atoms with Crippen molar-refractivity contribution in [1.82, 2.24) is 14.8 Å². The summed E-state index contributed by atoms with van der Waals surface area (Å²) in [5.41, 5.74) is 3.03. The van der Waals surface area contributed by atoms with Crippen molar-refractivity contribution in [1.29, 1.82) is 0 Å². The fourth-order valence-electron chi connectivity index (χ4n) is 4.32. The maximum atomic E-state index is 13.3. The molecule has 0 spiro atoms. The molecular weight excluding hydrogens is 424 g/mol. The largest absolute Gasteiger partial charge is 0.424 e. The van der Waals surface area contributed by atoms with Gasteiger partial charge in [-0.1, -0.05) is 37.1 Å². The van der Waals surface area contributed by atoms with Crippen molar-refractivity contribution >= 4 is 34.6 Å². The minimum atomic E-state index is 0.0594. The number of hydrogen-bond acceptors (Lipinski definition) is 5. The van der Waals surface area contributed by atoms with E-state index in [9.17, 15) is 4.79 Å². The number of benzene rings is 2. The average molecular weight is 455 g/mol. The number of halogens is 1. The highest BCUT2D eigenvalue weighted by Crippen LogP contribution is 2.23. The fourth-order valence-corrected chi connectivity index (χ4v) is 4.53. The number of anilines is 1. The van der Waals surface area contributed by atoms with Crippen LogP contribution in [0.3, 0.4) is 0 Å². The molecule has 0 saturated carbocycles. The summed E-state index contributed by atoms with van der Waals surface area (Å²) in [5.74, 6) is 0.0594. The second kappa shape index (κ2) is 10.4. The van der Waals surface area contributed by atoms with Gasteiger partial charge in [-0.15, -0.1) is 0 Å². The van der Waals surface area contributed by atoms with Crippen molar-refractivity contribution in [2.45, 2.75) is 45.2 Å². The summed E-state index contributed by atoms with van der Waals surface area (Å²) in [6.45, 7) is 5.30. The maximum absolute atomic E-state index is 13.3. The number of rotatable bonds is 8. The van der Waals surface area contributed by atoms with Gasteiger partial charge >= 0.3 is 0 Å². The third-order valence-corrected chi connectivity index (χ3v) is 6.34. The lowest BCUT2D eigenvalue weighted by atomic mass is 10.0. The number of amides is 1. The molecule has 32 heavy (non-hydrogen) atoms. The van der Waals surface area contributed by atoms with Crippen LogP contribution in [0.1, 0.15) is 48.5 Å². The van der Waals surface area contributed by atoms with Crippen LogP contribution in [0.15, 0.2) is 46.9 Å². The monoisotopic (exact) mass is 454 g/mol. The minimum absolute atomic E-state index is 0.0594. The normalized spacial score (nSPS) is 16.9. The molecule has 3 aromatic rings. The standard InChI is InChI=1S/C25H31ClN4O2/c1-3-12-30(17-21-9-4-5-13-29(21)2)24(31)19-10-11-23-22(15-19)28-25(32-23)27-16-18-7-6-8-20(26)14-18/h6-8,10-11,14-15,21H,3-5,9,12-13,16-17H2,1-2H3,(H,27,28). The predicted octanol–water partition coefficient (Wildman–Crippen LogP) is 5.43. The first-order valence-corrected chi connectivity index (χ1v) is 11.8. The molecule has 170 valence electrons. The van der Waals surface area contributed by atoms with Gasteiger partial charge in [-0.05, 0) is 68.8 Å². The molecule has 0 bridgehead atoms. The molecule has 1 aromatic heterocycles. The molecule has 1 unspecified atom stereocenters. The van der Waals surface area contributed by atoms with Crippen LogP contribution in [-0.4, -0.2) is 53.4 Å². The number of nitrogens with zero attached hydrogens (tertiary/aromatic N) is 3. The number of fused-ring (bicyclic) bond motifs is 1. The van der Waals surface area contributed by atoms with Gasteiger partial charge in [-0.2, -0.15) is 4.98 Å². The van der Waals surface area contributed by atoms with E-state index < -0.39 is 0 Å². The Morgan fingerprint density at radius 1 is 1.28 bits per heavy atom. The number of hydrogen-bond donors (Lipinski definition) is 1. The Labute approximate surface area is 194 Å². The number of piperidine rings is 1. The molecule has 1 aliphatic rings. The lowest BCUT2D eigenvalue weighted by molar-refractivity contribution is 0.0664. The fraction of sp³-hybridized carbons (Fsp3) is 0.440. The number of carbonyl (C=O) groups is 1. The first-order valence-electron chi connectivity index (χ1n) is 11.4. The van der Waals surface area contributed by atoms with Gasteiger partial charge in [0.05, 0.1) is 0 Å². The lowest BCUT2D eigenvalue weighted by Crippen LogP contribution is -2.46. The predicted molar refractivity (Wildman–Crippen MR) is 129 cm³/mol. The van der Waals surface area contributed by atoms with Gasteiger partial charge in [0.15, 0.2) is 5.58 Å². The highest BCUT2D eigenvalue weighted by atomic mass is 35.5. The minimum Gasteiger partial charge on any atom is -0.424 e. The molecule has 1 atom stereocenters. The smallest absolute Gasteiger partial charge is 0.295 e. The van der Waals surface area contributed by atoms with Crippen molar-refractivity contribution in [3.8, 4) is 0 Å². The molecule has 1 N–H and O–H groups in total. The van der Waals surface area contributed by atoms with Crippen LogP contribution in [0.25, 0.3) is 11.1 Å². The average Bonchev–Trinajstić information content (AvgIpc) is 3.20. The third kappa shape index (κ3) is 5.43. The van der Waals surface area contributed by atoms with Gasteiger partial charge in [0, 0.05) is 36.3 Å². The Balaban J connectivity index is 1.47. The van der Waals surface area contributed by atoms with Crippen molar-refractivity contribution < 1.29 is 9.21 Å². The quantitative estimate of drug-likeness (QED) is 0.491. The molecule has 2 aromatic carbocycles. The van der Waals surface area contributed by atoms with E-state index >= 15 is 0 Å². The van der Waals surface area contributed by atoms with E-state index in [1.54, 1.807) is 0 Å². The molecule has 1 fully saturated rings. The molecule has 1 aliphatic heterocycles. The summed E-state index contributed by atoms with van der Waals surface area (Å²) in [6, 6.07) is 14.0. The molecular formula is C25H31ClN4O2. The Kier molecular flexibility index (Phi) is 7.33. The number of aromatic nitrogens is 1. The molecule has 1 saturated heterocycles. The zero-order chi connectivity index (χ0) is 22.5. The Morgan fingerprint density at radius 2 is 2.16 bits per heavy atom. The van der Waals surface area contributed by atoms with Crippen LogP contribution in [0.2, 0.25) is 5.02 Å². The van der Waals surface area contributed by atoms with Crippen LogP contribution < -0.4 is 5.32 Å². The number of likely N-dealkylation sites (tertiary alicyclic amines) is 1. The maximum Gasteiger partial charge on any atom is 0.295 e. The van der Waals surface area contributed by atoms with Gasteiger partial charge in [0.25, 0.3) is 11.9 Å². The number of nitrogens with one attached hydrogen (secondary N) is 1. The Morgan fingerprint density at radius 3 is 2.94 bits per heavy atom. The van der Waals surface area contributed by atoms with E-state index in [1.165, 1.54) is 12.8 Å². The van der Waals surface area contributed by atoms with Crippen molar-refractivity contribution in [2.75, 3.05) is 32.0 Å². The summed E-state index contributed by atoms with van der Waals surface area (Å²) in [7, 11) is 2.16. The van der Waals surface area contributed by atoms with Gasteiger partial charge in [-0.3, -0.25) is 4.79 Å². The van der Waals surface area contributed by atoms with Crippen molar-refractivity contribution in [3.05, 3.63) is 58.6 Å². The summed E-state index contributed by atoms with van der Waals surface area (Å²) in [5, 5.41) is 3.89. The lowest BCUT2D eigenvalue weighted by Gasteiger charge is -2.36. The van der Waals surface area contributed by atoms with Gasteiger partial charge < -0.3 is 19.5 Å². The first kappa shape index (κ1) is 22.6. The molecule has 2 heterocycles. The third-order valence-electron chi connectivity index (χ3n) is 6.10. The van der Waals surface area contributed by atoms with E-state index in [1.807, 2.05) is 47.4 Å². The Bertz CT molecular complexity index is 1070. The summed E-state index contributed by atoms with van der Waals surface area (Å²) >= 11 is 6.05. The van der Waals surface area contributed by atoms with Gasteiger partial charge in [0.1, 0.15) is 5.52 Å². The summed E-state index contributed by atoms with van der Waals surface area (Å²) in [6.07, 6.45) is 4.56. The molecule has 6 nitrogen and oxygen atoms in total. The molecule has 0 radical (unpaired) electrons. The molecule has 7 heteroatoms. The first-order chi connectivity index (χ1) is 15.5. The zero-order valence-electron chi connectivity index (χ0n) is 18.8.